The van der Waals surface area contributed by atoms with Crippen molar-refractivity contribution in [1.29, 1.82) is 0 Å². The van der Waals surface area contributed by atoms with Crippen LogP contribution in [0.1, 0.15) is 36.8 Å². The van der Waals surface area contributed by atoms with Crippen LogP contribution in [0.2, 0.25) is 0 Å². The van der Waals surface area contributed by atoms with E-state index in [2.05, 4.69) is 19.1 Å². The van der Waals surface area contributed by atoms with Crippen molar-refractivity contribution in [2.75, 3.05) is 13.2 Å². The fourth-order valence-corrected chi connectivity index (χ4v) is 2.65. The molecule has 1 atom stereocenters. The molecule has 1 heterocycles. The lowest BCUT2D eigenvalue weighted by molar-refractivity contribution is 0.169. The van der Waals surface area contributed by atoms with Gasteiger partial charge < -0.3 is 9.47 Å². The smallest absolute Gasteiger partial charge is 0.164 e. The predicted octanol–water partition coefficient (Wildman–Crippen LogP) is 2.90. The SMILES string of the molecule is CC1CCCc2c1ccc1c2OCCO1. The minimum Gasteiger partial charge on any atom is -0.486 e. The van der Waals surface area contributed by atoms with E-state index in [1.54, 1.807) is 0 Å². The fourth-order valence-electron chi connectivity index (χ4n) is 2.65. The number of hydrogen-bond donors (Lipinski definition) is 0. The first-order valence-corrected chi connectivity index (χ1v) is 5.77. The third-order valence-electron chi connectivity index (χ3n) is 3.44. The van der Waals surface area contributed by atoms with Gasteiger partial charge in [-0.25, -0.2) is 0 Å². The summed E-state index contributed by atoms with van der Waals surface area (Å²) >= 11 is 0. The number of rotatable bonds is 0. The Morgan fingerprint density at radius 3 is 3.00 bits per heavy atom. The van der Waals surface area contributed by atoms with Gasteiger partial charge in [0, 0.05) is 5.56 Å². The van der Waals surface area contributed by atoms with Gasteiger partial charge in [0.05, 0.1) is 0 Å². The standard InChI is InChI=1S/C13H16O2/c1-9-3-2-4-11-10(9)5-6-12-13(11)15-8-7-14-12/h5-6,9H,2-4,7-8H2,1H3. The lowest BCUT2D eigenvalue weighted by atomic mass is 9.83. The number of ether oxygens (including phenoxy) is 2. The lowest BCUT2D eigenvalue weighted by Gasteiger charge is -2.28. The second-order valence-electron chi connectivity index (χ2n) is 4.45. The van der Waals surface area contributed by atoms with E-state index in [1.807, 2.05) is 0 Å². The van der Waals surface area contributed by atoms with Gasteiger partial charge in [-0.15, -0.1) is 0 Å². The van der Waals surface area contributed by atoms with Crippen molar-refractivity contribution < 1.29 is 9.47 Å². The molecule has 1 aliphatic heterocycles. The normalized spacial score (nSPS) is 23.4. The molecule has 1 unspecified atom stereocenters. The second kappa shape index (κ2) is 3.44. The molecule has 0 radical (unpaired) electrons. The van der Waals surface area contributed by atoms with Gasteiger partial charge in [0.2, 0.25) is 0 Å². The number of hydrogen-bond acceptors (Lipinski definition) is 2. The quantitative estimate of drug-likeness (QED) is 0.647. The lowest BCUT2D eigenvalue weighted by Crippen LogP contribution is -2.19. The van der Waals surface area contributed by atoms with Gasteiger partial charge in [0.25, 0.3) is 0 Å². The Kier molecular flexibility index (Phi) is 2.08. The Morgan fingerprint density at radius 2 is 2.07 bits per heavy atom. The average Bonchev–Trinajstić information content (AvgIpc) is 2.29. The monoisotopic (exact) mass is 204 g/mol. The molecule has 0 bridgehead atoms. The van der Waals surface area contributed by atoms with E-state index in [0.717, 1.165) is 17.9 Å². The van der Waals surface area contributed by atoms with Crippen LogP contribution >= 0.6 is 0 Å². The number of benzene rings is 1. The summed E-state index contributed by atoms with van der Waals surface area (Å²) in [6, 6.07) is 4.28. The highest BCUT2D eigenvalue weighted by molar-refractivity contribution is 5.53. The Bertz CT molecular complexity index is 384. The molecule has 0 aromatic heterocycles. The van der Waals surface area contributed by atoms with Crippen LogP contribution < -0.4 is 9.47 Å². The van der Waals surface area contributed by atoms with E-state index < -0.39 is 0 Å². The molecule has 1 aromatic carbocycles. The first-order chi connectivity index (χ1) is 7.36. The van der Waals surface area contributed by atoms with E-state index in [-0.39, 0.29) is 0 Å². The molecule has 3 rings (SSSR count). The molecule has 0 amide bonds. The Hall–Kier alpha value is -1.18. The van der Waals surface area contributed by atoms with Crippen molar-refractivity contribution in [3.63, 3.8) is 0 Å². The third kappa shape index (κ3) is 1.39. The van der Waals surface area contributed by atoms with Crippen LogP contribution in [0.25, 0.3) is 0 Å². The van der Waals surface area contributed by atoms with E-state index >= 15 is 0 Å². The molecule has 80 valence electrons. The van der Waals surface area contributed by atoms with Gasteiger partial charge in [-0.2, -0.15) is 0 Å². The van der Waals surface area contributed by atoms with Crippen molar-refractivity contribution in [3.8, 4) is 11.5 Å². The van der Waals surface area contributed by atoms with E-state index in [0.29, 0.717) is 19.1 Å². The van der Waals surface area contributed by atoms with E-state index in [4.69, 9.17) is 9.47 Å². The van der Waals surface area contributed by atoms with Crippen LogP contribution in [0.15, 0.2) is 12.1 Å². The summed E-state index contributed by atoms with van der Waals surface area (Å²) in [5.74, 6) is 2.63. The van der Waals surface area contributed by atoms with Gasteiger partial charge in [-0.3, -0.25) is 0 Å². The Balaban J connectivity index is 2.13. The summed E-state index contributed by atoms with van der Waals surface area (Å²) in [5.41, 5.74) is 2.86. The molecule has 2 aliphatic rings. The summed E-state index contributed by atoms with van der Waals surface area (Å²) in [7, 11) is 0. The molecule has 0 spiro atoms. The third-order valence-corrected chi connectivity index (χ3v) is 3.44. The van der Waals surface area contributed by atoms with Crippen molar-refractivity contribution in [2.45, 2.75) is 32.1 Å². The Morgan fingerprint density at radius 1 is 1.20 bits per heavy atom. The molecule has 0 saturated carbocycles. The van der Waals surface area contributed by atoms with Crippen LogP contribution in [0.4, 0.5) is 0 Å². The topological polar surface area (TPSA) is 18.5 Å². The Labute approximate surface area is 90.2 Å². The fraction of sp³-hybridized carbons (Fsp3) is 0.538. The van der Waals surface area contributed by atoms with Gasteiger partial charge >= 0.3 is 0 Å². The molecule has 0 saturated heterocycles. The predicted molar refractivity (Wildman–Crippen MR) is 58.8 cm³/mol. The maximum Gasteiger partial charge on any atom is 0.164 e. The molecular formula is C13H16O2. The van der Waals surface area contributed by atoms with Crippen LogP contribution in [-0.4, -0.2) is 13.2 Å². The van der Waals surface area contributed by atoms with Gasteiger partial charge in [-0.1, -0.05) is 13.0 Å². The van der Waals surface area contributed by atoms with Crippen LogP contribution in [0.5, 0.6) is 11.5 Å². The first-order valence-electron chi connectivity index (χ1n) is 5.77. The van der Waals surface area contributed by atoms with E-state index in [1.165, 1.54) is 24.0 Å². The minimum atomic E-state index is 0.671. The summed E-state index contributed by atoms with van der Waals surface area (Å²) in [5, 5.41) is 0. The highest BCUT2D eigenvalue weighted by Crippen LogP contribution is 2.42. The van der Waals surface area contributed by atoms with Crippen LogP contribution in [0.3, 0.4) is 0 Å². The highest BCUT2D eigenvalue weighted by atomic mass is 16.6. The zero-order chi connectivity index (χ0) is 10.3. The zero-order valence-corrected chi connectivity index (χ0v) is 9.08. The highest BCUT2D eigenvalue weighted by Gasteiger charge is 2.24. The molecule has 1 aliphatic carbocycles. The molecule has 2 nitrogen and oxygen atoms in total. The molecule has 0 fully saturated rings. The first kappa shape index (κ1) is 9.08. The summed E-state index contributed by atoms with van der Waals surface area (Å²) < 4.78 is 11.3. The van der Waals surface area contributed by atoms with Crippen molar-refractivity contribution >= 4 is 0 Å². The summed E-state index contributed by atoms with van der Waals surface area (Å²) in [6.45, 7) is 3.67. The molecular weight excluding hydrogens is 188 g/mol. The summed E-state index contributed by atoms with van der Waals surface area (Å²) in [6.07, 6.45) is 3.72. The average molecular weight is 204 g/mol. The number of fused-ring (bicyclic) bond motifs is 3. The van der Waals surface area contributed by atoms with Crippen molar-refractivity contribution in [3.05, 3.63) is 23.3 Å². The van der Waals surface area contributed by atoms with Crippen molar-refractivity contribution in [2.24, 2.45) is 0 Å². The van der Waals surface area contributed by atoms with Crippen LogP contribution in [-0.2, 0) is 6.42 Å². The minimum absolute atomic E-state index is 0.671. The summed E-state index contributed by atoms with van der Waals surface area (Å²) in [4.78, 5) is 0. The molecule has 1 aromatic rings. The van der Waals surface area contributed by atoms with Crippen LogP contribution in [0, 0.1) is 0 Å². The van der Waals surface area contributed by atoms with Gasteiger partial charge in [0.15, 0.2) is 11.5 Å². The van der Waals surface area contributed by atoms with Gasteiger partial charge in [0.1, 0.15) is 13.2 Å². The molecule has 15 heavy (non-hydrogen) atoms. The van der Waals surface area contributed by atoms with E-state index in [9.17, 15) is 0 Å². The molecule has 0 N–H and O–H groups in total. The molecule has 2 heteroatoms. The van der Waals surface area contributed by atoms with Crippen molar-refractivity contribution in [1.82, 2.24) is 0 Å². The second-order valence-corrected chi connectivity index (χ2v) is 4.45. The maximum absolute atomic E-state index is 5.75. The largest absolute Gasteiger partial charge is 0.486 e. The van der Waals surface area contributed by atoms with Gasteiger partial charge in [-0.05, 0) is 36.8 Å². The maximum atomic E-state index is 5.75. The zero-order valence-electron chi connectivity index (χ0n) is 9.08.